The van der Waals surface area contributed by atoms with Crippen LogP contribution in [0, 0.1) is 11.3 Å². The van der Waals surface area contributed by atoms with E-state index in [2.05, 4.69) is 39.5 Å². The molecule has 5 aliphatic carbocycles. The third-order valence-corrected chi connectivity index (χ3v) is 10.5. The van der Waals surface area contributed by atoms with Gasteiger partial charge >= 0.3 is 0 Å². The van der Waals surface area contributed by atoms with Gasteiger partial charge in [0.05, 0.1) is 5.69 Å². The number of carbonyl (C=O) groups excluding carboxylic acids is 1. The fourth-order valence-corrected chi connectivity index (χ4v) is 7.40. The predicted molar refractivity (Wildman–Crippen MR) is 148 cm³/mol. The minimum absolute atomic E-state index is 0.00562. The lowest BCUT2D eigenvalue weighted by molar-refractivity contribution is -0.126. The predicted octanol–water partition coefficient (Wildman–Crippen LogP) is 6.53. The van der Waals surface area contributed by atoms with E-state index in [-0.39, 0.29) is 22.7 Å². The molecule has 40 heavy (non-hydrogen) atoms. The number of nitrogens with zero attached hydrogens (tertiary/aromatic N) is 4. The van der Waals surface area contributed by atoms with Gasteiger partial charge in [0, 0.05) is 60.2 Å². The van der Waals surface area contributed by atoms with E-state index in [1.807, 2.05) is 6.07 Å². The van der Waals surface area contributed by atoms with Gasteiger partial charge in [0.2, 0.25) is 11.8 Å². The van der Waals surface area contributed by atoms with Crippen molar-refractivity contribution in [1.82, 2.24) is 15.3 Å². The van der Waals surface area contributed by atoms with Crippen LogP contribution >= 0.6 is 0 Å². The number of aromatic nitrogens is 3. The average Bonchev–Trinajstić information content (AvgIpc) is 3.95. The molecule has 9 rings (SSSR count). The van der Waals surface area contributed by atoms with E-state index in [4.69, 9.17) is 18.8 Å². The summed E-state index contributed by atoms with van der Waals surface area (Å²) in [6, 6.07) is 10.4. The standard InChI is InChI=1S/C32H38N4O4/c37-29(23-8-16-38-17-9-23)36(25-3-1-2-24(18-25)27-19-26(34-39-27)21-4-5-21)20-31-10-13-32(14-11-31,15-12-31)30-33-28(35-40-30)22-6-7-22/h1-3,18-19,21-23H,4-17,20H2. The lowest BCUT2D eigenvalue weighted by Gasteiger charge is -2.53. The Hall–Kier alpha value is -3.00. The molecule has 2 bridgehead atoms. The van der Waals surface area contributed by atoms with Gasteiger partial charge in [-0.05, 0) is 94.6 Å². The second-order valence-electron chi connectivity index (χ2n) is 13.3. The minimum atomic E-state index is 0.00562. The number of anilines is 1. The van der Waals surface area contributed by atoms with Crippen molar-refractivity contribution < 1.29 is 18.6 Å². The largest absolute Gasteiger partial charge is 0.381 e. The summed E-state index contributed by atoms with van der Waals surface area (Å²) in [6.45, 7) is 2.07. The quantitative estimate of drug-likeness (QED) is 0.319. The molecule has 3 heterocycles. The van der Waals surface area contributed by atoms with Crippen molar-refractivity contribution in [3.63, 3.8) is 0 Å². The van der Waals surface area contributed by atoms with Crippen LogP contribution in [-0.2, 0) is 14.9 Å². The molecule has 2 aromatic heterocycles. The van der Waals surface area contributed by atoms with Gasteiger partial charge in [0.1, 0.15) is 0 Å². The third kappa shape index (κ3) is 4.48. The summed E-state index contributed by atoms with van der Waals surface area (Å²) in [7, 11) is 0. The lowest BCUT2D eigenvalue weighted by Crippen LogP contribution is -2.52. The molecule has 0 spiro atoms. The highest BCUT2D eigenvalue weighted by atomic mass is 16.5. The van der Waals surface area contributed by atoms with E-state index in [0.29, 0.717) is 25.0 Å². The molecule has 6 fully saturated rings. The maximum atomic E-state index is 14.2. The van der Waals surface area contributed by atoms with Gasteiger partial charge in [0.15, 0.2) is 11.6 Å². The molecule has 210 valence electrons. The van der Waals surface area contributed by atoms with Crippen LogP contribution in [-0.4, -0.2) is 41.0 Å². The molecule has 1 aliphatic heterocycles. The molecule has 0 N–H and O–H groups in total. The van der Waals surface area contributed by atoms with Crippen LogP contribution in [0.2, 0.25) is 0 Å². The molecule has 8 heteroatoms. The third-order valence-electron chi connectivity index (χ3n) is 10.5. The highest BCUT2D eigenvalue weighted by Gasteiger charge is 2.53. The number of hydrogen-bond donors (Lipinski definition) is 0. The Morgan fingerprint density at radius 3 is 2.35 bits per heavy atom. The molecule has 8 nitrogen and oxygen atoms in total. The van der Waals surface area contributed by atoms with E-state index in [1.54, 1.807) is 0 Å². The van der Waals surface area contributed by atoms with Gasteiger partial charge in [0.25, 0.3) is 0 Å². The van der Waals surface area contributed by atoms with Gasteiger partial charge < -0.3 is 18.7 Å². The van der Waals surface area contributed by atoms with Crippen LogP contribution in [0.25, 0.3) is 11.3 Å². The van der Waals surface area contributed by atoms with E-state index < -0.39 is 0 Å². The van der Waals surface area contributed by atoms with Crippen LogP contribution in [0.5, 0.6) is 0 Å². The minimum Gasteiger partial charge on any atom is -0.381 e. The molecule has 1 amide bonds. The molecule has 3 aromatic rings. The molecular weight excluding hydrogens is 504 g/mol. The molecule has 0 unspecified atom stereocenters. The number of amides is 1. The summed E-state index contributed by atoms with van der Waals surface area (Å²) >= 11 is 0. The van der Waals surface area contributed by atoms with Crippen molar-refractivity contribution in [1.29, 1.82) is 0 Å². The highest BCUT2D eigenvalue weighted by Crippen LogP contribution is 2.58. The Kier molecular flexibility index (Phi) is 5.91. The van der Waals surface area contributed by atoms with Gasteiger partial charge in [-0.15, -0.1) is 0 Å². The summed E-state index contributed by atoms with van der Waals surface area (Å²) in [5, 5.41) is 8.65. The zero-order valence-corrected chi connectivity index (χ0v) is 23.1. The molecule has 6 aliphatic rings. The zero-order valence-electron chi connectivity index (χ0n) is 23.1. The molecule has 1 aromatic carbocycles. The second-order valence-corrected chi connectivity index (χ2v) is 13.3. The van der Waals surface area contributed by atoms with E-state index in [0.717, 1.165) is 92.3 Å². The Labute approximate surface area is 234 Å². The van der Waals surface area contributed by atoms with Crippen molar-refractivity contribution in [2.24, 2.45) is 11.3 Å². The van der Waals surface area contributed by atoms with Crippen LogP contribution in [0.4, 0.5) is 5.69 Å². The van der Waals surface area contributed by atoms with Crippen molar-refractivity contribution in [2.45, 2.75) is 94.3 Å². The van der Waals surface area contributed by atoms with Crippen molar-refractivity contribution in [3.8, 4) is 11.3 Å². The first-order valence-electron chi connectivity index (χ1n) is 15.4. The summed E-state index contributed by atoms with van der Waals surface area (Å²) in [5.41, 5.74) is 3.12. The summed E-state index contributed by atoms with van der Waals surface area (Å²) in [4.78, 5) is 21.1. The summed E-state index contributed by atoms with van der Waals surface area (Å²) < 4.78 is 17.2. The first kappa shape index (κ1) is 24.8. The van der Waals surface area contributed by atoms with Crippen molar-refractivity contribution in [3.05, 3.63) is 47.7 Å². The zero-order chi connectivity index (χ0) is 26.7. The monoisotopic (exact) mass is 542 g/mol. The highest BCUT2D eigenvalue weighted by molar-refractivity contribution is 5.95. The summed E-state index contributed by atoms with van der Waals surface area (Å²) in [5.74, 6) is 3.86. The smallest absolute Gasteiger partial charge is 0.232 e. The molecule has 0 radical (unpaired) electrons. The second kappa shape index (κ2) is 9.54. The number of rotatable bonds is 8. The SMILES string of the molecule is O=C(C1CCOCC1)N(CC12CCC(c3nc(C4CC4)no3)(CC1)CC2)c1cccc(-c2cc(C3CC3)no2)c1. The Morgan fingerprint density at radius 2 is 1.62 bits per heavy atom. The Morgan fingerprint density at radius 1 is 0.875 bits per heavy atom. The van der Waals surface area contributed by atoms with Gasteiger partial charge in [-0.1, -0.05) is 22.4 Å². The number of ether oxygens (including phenoxy) is 1. The Bertz CT molecular complexity index is 1370. The van der Waals surface area contributed by atoms with E-state index in [1.165, 1.54) is 25.7 Å². The number of fused-ring (bicyclic) bond motifs is 3. The molecule has 5 saturated carbocycles. The Balaban J connectivity index is 1.06. The normalized spacial score (nSPS) is 28.6. The van der Waals surface area contributed by atoms with E-state index >= 15 is 0 Å². The van der Waals surface area contributed by atoms with Crippen LogP contribution in [0.1, 0.15) is 106 Å². The van der Waals surface area contributed by atoms with Crippen LogP contribution in [0.15, 0.2) is 39.4 Å². The fraction of sp³-hybridized carbons (Fsp3) is 0.625. The van der Waals surface area contributed by atoms with Crippen molar-refractivity contribution in [2.75, 3.05) is 24.7 Å². The molecule has 1 saturated heterocycles. The van der Waals surface area contributed by atoms with Gasteiger partial charge in [-0.3, -0.25) is 4.79 Å². The summed E-state index contributed by atoms with van der Waals surface area (Å²) in [6.07, 6.45) is 12.7. The maximum absolute atomic E-state index is 14.2. The maximum Gasteiger partial charge on any atom is 0.232 e. The number of hydrogen-bond acceptors (Lipinski definition) is 7. The first-order valence-corrected chi connectivity index (χ1v) is 15.4. The molecule has 0 atom stereocenters. The molecular formula is C32H38N4O4. The average molecular weight is 543 g/mol. The number of benzene rings is 1. The fourth-order valence-electron chi connectivity index (χ4n) is 7.40. The van der Waals surface area contributed by atoms with Gasteiger partial charge in [-0.25, -0.2) is 0 Å². The first-order chi connectivity index (χ1) is 19.6. The number of carbonyl (C=O) groups is 1. The topological polar surface area (TPSA) is 94.5 Å². The van der Waals surface area contributed by atoms with E-state index in [9.17, 15) is 4.79 Å². The van der Waals surface area contributed by atoms with Crippen LogP contribution < -0.4 is 4.90 Å². The van der Waals surface area contributed by atoms with Crippen LogP contribution in [0.3, 0.4) is 0 Å². The van der Waals surface area contributed by atoms with Crippen molar-refractivity contribution >= 4 is 11.6 Å². The van der Waals surface area contributed by atoms with Gasteiger partial charge in [-0.2, -0.15) is 4.98 Å². The lowest BCUT2D eigenvalue weighted by atomic mass is 9.53.